The molecule has 8 nitrogen and oxygen atoms in total. The number of nitrogens with two attached hydrogens (primary N) is 2. The topological polar surface area (TPSA) is 118 Å². The molecule has 8 heteroatoms. The Kier molecular flexibility index (Phi) is 4.99. The molecular weight excluding hydrogens is 344 g/mol. The Labute approximate surface area is 159 Å². The number of nitrogens with one attached hydrogen (secondary N) is 1. The number of carbonyl (C=O) groups excluding carboxylic acids is 1. The highest BCUT2D eigenvalue weighted by Crippen LogP contribution is 2.39. The van der Waals surface area contributed by atoms with Crippen LogP contribution in [0.5, 0.6) is 0 Å². The number of carbonyl (C=O) groups is 1. The third kappa shape index (κ3) is 4.32. The zero-order valence-corrected chi connectivity index (χ0v) is 16.2. The van der Waals surface area contributed by atoms with Crippen LogP contribution in [0, 0.1) is 0 Å². The van der Waals surface area contributed by atoms with E-state index >= 15 is 0 Å². The second-order valence-electron chi connectivity index (χ2n) is 8.00. The summed E-state index contributed by atoms with van der Waals surface area (Å²) in [5.74, 6) is 0.535. The van der Waals surface area contributed by atoms with E-state index in [-0.39, 0.29) is 5.96 Å². The van der Waals surface area contributed by atoms with Crippen molar-refractivity contribution in [2.75, 3.05) is 10.2 Å². The van der Waals surface area contributed by atoms with Gasteiger partial charge >= 0.3 is 6.09 Å². The Bertz CT molecular complexity index is 775. The molecule has 0 radical (unpaired) electrons. The molecule has 1 aromatic rings. The lowest BCUT2D eigenvalue weighted by atomic mass is 9.87. The lowest BCUT2D eigenvalue weighted by Crippen LogP contribution is -2.58. The normalized spacial score (nSPS) is 19.3. The van der Waals surface area contributed by atoms with Gasteiger partial charge in [-0.1, -0.05) is 12.5 Å². The number of ether oxygens (including phenoxy) is 1. The molecule has 2 aliphatic rings. The van der Waals surface area contributed by atoms with Crippen molar-refractivity contribution in [1.82, 2.24) is 0 Å². The number of rotatable bonds is 2. The average Bonchev–Trinajstić information content (AvgIpc) is 2.53. The van der Waals surface area contributed by atoms with E-state index in [1.54, 1.807) is 6.07 Å². The minimum Gasteiger partial charge on any atom is -0.444 e. The van der Waals surface area contributed by atoms with Crippen LogP contribution in [-0.2, 0) is 4.74 Å². The van der Waals surface area contributed by atoms with Gasteiger partial charge in [0.05, 0.1) is 0 Å². The van der Waals surface area contributed by atoms with Crippen LogP contribution in [0.4, 0.5) is 16.2 Å². The fourth-order valence-electron chi connectivity index (χ4n) is 3.64. The first kappa shape index (κ1) is 19.0. The highest BCUT2D eigenvalue weighted by molar-refractivity contribution is 6.06. The van der Waals surface area contributed by atoms with Gasteiger partial charge < -0.3 is 16.2 Å². The zero-order valence-electron chi connectivity index (χ0n) is 16.2. The quantitative estimate of drug-likeness (QED) is 0.737. The first-order valence-electron chi connectivity index (χ1n) is 9.28. The fraction of sp³-hybridized carbons (Fsp3) is 0.526. The molecule has 0 saturated heterocycles. The third-order valence-corrected chi connectivity index (χ3v) is 4.60. The molecule has 27 heavy (non-hydrogen) atoms. The Morgan fingerprint density at radius 3 is 2.59 bits per heavy atom. The Balaban J connectivity index is 1.88. The lowest BCUT2D eigenvalue weighted by Gasteiger charge is -2.45. The van der Waals surface area contributed by atoms with E-state index in [0.717, 1.165) is 31.4 Å². The molecule has 1 amide bonds. The van der Waals surface area contributed by atoms with Crippen molar-refractivity contribution in [1.29, 1.82) is 0 Å². The van der Waals surface area contributed by atoms with Crippen LogP contribution in [-0.4, -0.2) is 29.3 Å². The SMILES string of the molecule is CC(C)(C)OC(=O)Nc1cccc(N2C(N)=NC(N)=NC23CCCCC3)c1. The average molecular weight is 372 g/mol. The minimum atomic E-state index is -0.565. The van der Waals surface area contributed by atoms with Crippen molar-refractivity contribution >= 4 is 29.4 Å². The summed E-state index contributed by atoms with van der Waals surface area (Å²) in [5, 5.41) is 2.76. The van der Waals surface area contributed by atoms with Gasteiger partial charge in [0.1, 0.15) is 11.3 Å². The maximum absolute atomic E-state index is 12.1. The van der Waals surface area contributed by atoms with E-state index in [0.29, 0.717) is 11.6 Å². The molecule has 0 unspecified atom stereocenters. The second-order valence-corrected chi connectivity index (χ2v) is 8.00. The van der Waals surface area contributed by atoms with Crippen LogP contribution in [0.25, 0.3) is 0 Å². The number of nitrogens with zero attached hydrogens (tertiary/aromatic N) is 3. The maximum Gasteiger partial charge on any atom is 0.412 e. The van der Waals surface area contributed by atoms with Gasteiger partial charge in [0.25, 0.3) is 0 Å². The van der Waals surface area contributed by atoms with Gasteiger partial charge in [0.15, 0.2) is 0 Å². The van der Waals surface area contributed by atoms with Crippen molar-refractivity contribution in [3.63, 3.8) is 0 Å². The van der Waals surface area contributed by atoms with E-state index < -0.39 is 17.4 Å². The Morgan fingerprint density at radius 1 is 1.22 bits per heavy atom. The van der Waals surface area contributed by atoms with Crippen LogP contribution in [0.15, 0.2) is 34.3 Å². The molecule has 3 rings (SSSR count). The molecule has 1 aliphatic heterocycles. The van der Waals surface area contributed by atoms with Gasteiger partial charge in [0.2, 0.25) is 11.9 Å². The summed E-state index contributed by atoms with van der Waals surface area (Å²) in [5.41, 5.74) is 12.5. The van der Waals surface area contributed by atoms with Crippen molar-refractivity contribution in [3.05, 3.63) is 24.3 Å². The zero-order chi connectivity index (χ0) is 19.7. The van der Waals surface area contributed by atoms with Gasteiger partial charge in [-0.3, -0.25) is 10.2 Å². The van der Waals surface area contributed by atoms with Crippen LogP contribution in [0.1, 0.15) is 52.9 Å². The van der Waals surface area contributed by atoms with Crippen molar-refractivity contribution in [3.8, 4) is 0 Å². The molecule has 1 saturated carbocycles. The first-order chi connectivity index (χ1) is 12.7. The van der Waals surface area contributed by atoms with Gasteiger partial charge in [-0.2, -0.15) is 4.99 Å². The molecule has 1 aliphatic carbocycles. The largest absolute Gasteiger partial charge is 0.444 e. The molecule has 1 fully saturated rings. The number of guanidine groups is 2. The van der Waals surface area contributed by atoms with E-state index in [4.69, 9.17) is 16.2 Å². The number of anilines is 2. The van der Waals surface area contributed by atoms with Crippen LogP contribution in [0.3, 0.4) is 0 Å². The highest BCUT2D eigenvalue weighted by Gasteiger charge is 2.42. The molecular formula is C19H28N6O2. The summed E-state index contributed by atoms with van der Waals surface area (Å²) < 4.78 is 5.32. The summed E-state index contributed by atoms with van der Waals surface area (Å²) in [6.07, 6.45) is 4.48. The number of hydrogen-bond donors (Lipinski definition) is 3. The predicted octanol–water partition coefficient (Wildman–Crippen LogP) is 3.14. The molecule has 1 spiro atoms. The summed E-state index contributed by atoms with van der Waals surface area (Å²) in [6.45, 7) is 5.47. The maximum atomic E-state index is 12.1. The van der Waals surface area contributed by atoms with E-state index in [1.165, 1.54) is 6.42 Å². The molecule has 1 aromatic carbocycles. The summed E-state index contributed by atoms with van der Waals surface area (Å²) in [6, 6.07) is 7.43. The van der Waals surface area contributed by atoms with E-state index in [2.05, 4.69) is 15.3 Å². The van der Waals surface area contributed by atoms with Crippen LogP contribution >= 0.6 is 0 Å². The fourth-order valence-corrected chi connectivity index (χ4v) is 3.64. The summed E-state index contributed by atoms with van der Waals surface area (Å²) in [7, 11) is 0. The number of aliphatic imine (C=N–C) groups is 2. The van der Waals surface area contributed by atoms with Gasteiger partial charge in [-0.15, -0.1) is 0 Å². The highest BCUT2D eigenvalue weighted by atomic mass is 16.6. The molecule has 5 N–H and O–H groups in total. The molecule has 0 aromatic heterocycles. The molecule has 0 atom stereocenters. The summed E-state index contributed by atoms with van der Waals surface area (Å²) >= 11 is 0. The third-order valence-electron chi connectivity index (χ3n) is 4.60. The van der Waals surface area contributed by atoms with Gasteiger partial charge in [0, 0.05) is 11.4 Å². The molecule has 0 bridgehead atoms. The summed E-state index contributed by atoms with van der Waals surface area (Å²) in [4.78, 5) is 22.8. The van der Waals surface area contributed by atoms with Crippen molar-refractivity contribution < 1.29 is 9.53 Å². The van der Waals surface area contributed by atoms with Crippen molar-refractivity contribution in [2.24, 2.45) is 21.5 Å². The number of benzene rings is 1. The van der Waals surface area contributed by atoms with E-state index in [1.807, 2.05) is 43.9 Å². The number of amides is 1. The first-order valence-corrected chi connectivity index (χ1v) is 9.28. The number of hydrogen-bond acceptors (Lipinski definition) is 7. The molecule has 146 valence electrons. The van der Waals surface area contributed by atoms with Crippen molar-refractivity contribution in [2.45, 2.75) is 64.1 Å². The van der Waals surface area contributed by atoms with Crippen LogP contribution < -0.4 is 21.7 Å². The van der Waals surface area contributed by atoms with Gasteiger partial charge in [-0.25, -0.2) is 9.79 Å². The van der Waals surface area contributed by atoms with E-state index in [9.17, 15) is 4.79 Å². The standard InChI is InChI=1S/C19H28N6O2/c1-18(2,3)27-17(26)22-13-8-7-9-14(12-13)25-16(21)23-15(20)24-19(25)10-5-4-6-11-19/h7-9,12H,4-6,10-11H2,1-3H3,(H,22,26)(H4,20,21,23,24). The molecule has 1 heterocycles. The minimum absolute atomic E-state index is 0.216. The Hall–Kier alpha value is -2.77. The Morgan fingerprint density at radius 2 is 1.93 bits per heavy atom. The second kappa shape index (κ2) is 7.09. The lowest BCUT2D eigenvalue weighted by molar-refractivity contribution is 0.0636. The predicted molar refractivity (Wildman–Crippen MR) is 108 cm³/mol. The smallest absolute Gasteiger partial charge is 0.412 e. The van der Waals surface area contributed by atoms with Crippen LogP contribution in [0.2, 0.25) is 0 Å². The van der Waals surface area contributed by atoms with Gasteiger partial charge in [-0.05, 0) is 64.7 Å². The monoisotopic (exact) mass is 372 g/mol.